The molecule has 1 aliphatic rings. The van der Waals surface area contributed by atoms with Gasteiger partial charge in [0.15, 0.2) is 0 Å². The molecule has 0 radical (unpaired) electrons. The first-order valence-electron chi connectivity index (χ1n) is 7.92. The largest absolute Gasteiger partial charge is 0.395 e. The highest BCUT2D eigenvalue weighted by Crippen LogP contribution is 2.38. The van der Waals surface area contributed by atoms with Crippen molar-refractivity contribution in [2.75, 3.05) is 19.7 Å². The van der Waals surface area contributed by atoms with Crippen molar-refractivity contribution in [1.82, 2.24) is 4.90 Å². The summed E-state index contributed by atoms with van der Waals surface area (Å²) in [5.74, 6) is 0.650. The van der Waals surface area contributed by atoms with Crippen LogP contribution in [0.1, 0.15) is 59.3 Å². The molecule has 0 aromatic carbocycles. The van der Waals surface area contributed by atoms with E-state index in [0.29, 0.717) is 18.5 Å². The van der Waals surface area contributed by atoms with Crippen LogP contribution < -0.4 is 0 Å². The second kappa shape index (κ2) is 8.01. The van der Waals surface area contributed by atoms with Crippen molar-refractivity contribution in [2.24, 2.45) is 11.3 Å². The minimum atomic E-state index is -0.171. The quantitative estimate of drug-likeness (QED) is 0.689. The van der Waals surface area contributed by atoms with Crippen LogP contribution in [-0.4, -0.2) is 42.0 Å². The molecule has 0 heterocycles. The molecule has 1 aliphatic carbocycles. The lowest BCUT2D eigenvalue weighted by molar-refractivity contribution is -0.120. The predicted octanol–water partition coefficient (Wildman–Crippen LogP) is 2.86. The number of hydrogen-bond acceptors (Lipinski definition) is 3. The minimum Gasteiger partial charge on any atom is -0.395 e. The molecule has 0 spiro atoms. The maximum absolute atomic E-state index is 11.7. The summed E-state index contributed by atoms with van der Waals surface area (Å²) in [4.78, 5) is 14.0. The van der Waals surface area contributed by atoms with Crippen LogP contribution >= 0.6 is 0 Å². The first-order chi connectivity index (χ1) is 9.10. The zero-order valence-corrected chi connectivity index (χ0v) is 12.9. The standard InChI is InChI=1S/C16H31NO2/c1-4-15(5-2)17(9-10-18)12-16(13-19)8-6-7-14(3)11-16/h13-15,18H,4-12H2,1-3H3. The normalized spacial score (nSPS) is 28.0. The van der Waals surface area contributed by atoms with Crippen LogP contribution in [0.3, 0.4) is 0 Å². The van der Waals surface area contributed by atoms with Gasteiger partial charge < -0.3 is 9.90 Å². The fraction of sp³-hybridized carbons (Fsp3) is 0.938. The highest BCUT2D eigenvalue weighted by atomic mass is 16.3. The predicted molar refractivity (Wildman–Crippen MR) is 79.2 cm³/mol. The molecule has 0 aromatic heterocycles. The molecule has 2 unspecified atom stereocenters. The number of aldehydes is 1. The molecule has 0 amide bonds. The third kappa shape index (κ3) is 4.57. The molecule has 1 N–H and O–H groups in total. The van der Waals surface area contributed by atoms with Crippen LogP contribution in [0.5, 0.6) is 0 Å². The van der Waals surface area contributed by atoms with Gasteiger partial charge in [0, 0.05) is 24.5 Å². The smallest absolute Gasteiger partial charge is 0.127 e. The van der Waals surface area contributed by atoms with E-state index >= 15 is 0 Å². The van der Waals surface area contributed by atoms with Gasteiger partial charge in [0.25, 0.3) is 0 Å². The van der Waals surface area contributed by atoms with Gasteiger partial charge in [0.2, 0.25) is 0 Å². The van der Waals surface area contributed by atoms with E-state index in [0.717, 1.165) is 38.6 Å². The maximum Gasteiger partial charge on any atom is 0.127 e. The van der Waals surface area contributed by atoms with E-state index in [-0.39, 0.29) is 12.0 Å². The Morgan fingerprint density at radius 1 is 1.42 bits per heavy atom. The molecule has 0 aromatic rings. The number of hydrogen-bond donors (Lipinski definition) is 1. The monoisotopic (exact) mass is 269 g/mol. The van der Waals surface area contributed by atoms with E-state index < -0.39 is 0 Å². The maximum atomic E-state index is 11.7. The van der Waals surface area contributed by atoms with E-state index in [1.165, 1.54) is 12.7 Å². The van der Waals surface area contributed by atoms with Crippen molar-refractivity contribution in [3.63, 3.8) is 0 Å². The lowest BCUT2D eigenvalue weighted by atomic mass is 9.70. The van der Waals surface area contributed by atoms with Crippen molar-refractivity contribution in [3.05, 3.63) is 0 Å². The molecule has 0 aliphatic heterocycles. The Labute approximate surface area is 118 Å². The molecule has 112 valence electrons. The molecule has 1 fully saturated rings. The molecule has 3 heteroatoms. The zero-order valence-electron chi connectivity index (χ0n) is 12.9. The Kier molecular flexibility index (Phi) is 7.01. The molecule has 1 rings (SSSR count). The van der Waals surface area contributed by atoms with Crippen molar-refractivity contribution < 1.29 is 9.90 Å². The number of aliphatic hydroxyl groups excluding tert-OH is 1. The third-order valence-electron chi connectivity index (χ3n) is 4.74. The van der Waals surface area contributed by atoms with Gasteiger partial charge in [-0.25, -0.2) is 0 Å². The molecular formula is C16H31NO2. The van der Waals surface area contributed by atoms with Crippen molar-refractivity contribution in [2.45, 2.75) is 65.3 Å². The Hall–Kier alpha value is -0.410. The Morgan fingerprint density at radius 2 is 2.11 bits per heavy atom. The summed E-state index contributed by atoms with van der Waals surface area (Å²) in [6, 6.07) is 0.487. The molecule has 0 saturated heterocycles. The highest BCUT2D eigenvalue weighted by Gasteiger charge is 2.37. The van der Waals surface area contributed by atoms with Crippen LogP contribution in [0.4, 0.5) is 0 Å². The van der Waals surface area contributed by atoms with E-state index in [9.17, 15) is 9.90 Å². The number of carbonyl (C=O) groups excluding carboxylic acids is 1. The van der Waals surface area contributed by atoms with E-state index in [1.807, 2.05) is 0 Å². The first kappa shape index (κ1) is 16.6. The van der Waals surface area contributed by atoms with Gasteiger partial charge in [-0.05, 0) is 31.6 Å². The van der Waals surface area contributed by atoms with Crippen LogP contribution in [0.2, 0.25) is 0 Å². The molecule has 2 atom stereocenters. The lowest BCUT2D eigenvalue weighted by Gasteiger charge is -2.41. The lowest BCUT2D eigenvalue weighted by Crippen LogP contribution is -2.47. The Bertz CT molecular complexity index is 265. The van der Waals surface area contributed by atoms with Crippen molar-refractivity contribution in [3.8, 4) is 0 Å². The highest BCUT2D eigenvalue weighted by molar-refractivity contribution is 5.60. The van der Waals surface area contributed by atoms with Crippen LogP contribution in [0, 0.1) is 11.3 Å². The fourth-order valence-electron chi connectivity index (χ4n) is 3.72. The first-order valence-corrected chi connectivity index (χ1v) is 7.92. The van der Waals surface area contributed by atoms with E-state index in [4.69, 9.17) is 0 Å². The third-order valence-corrected chi connectivity index (χ3v) is 4.74. The van der Waals surface area contributed by atoms with Crippen molar-refractivity contribution >= 4 is 6.29 Å². The Morgan fingerprint density at radius 3 is 2.58 bits per heavy atom. The number of aliphatic hydroxyl groups is 1. The average molecular weight is 269 g/mol. The van der Waals surface area contributed by atoms with Crippen LogP contribution in [0.15, 0.2) is 0 Å². The molecular weight excluding hydrogens is 238 g/mol. The van der Waals surface area contributed by atoms with Gasteiger partial charge in [-0.3, -0.25) is 4.90 Å². The number of rotatable bonds is 8. The van der Waals surface area contributed by atoms with Crippen LogP contribution in [0.25, 0.3) is 0 Å². The van der Waals surface area contributed by atoms with Gasteiger partial charge in [-0.2, -0.15) is 0 Å². The van der Waals surface area contributed by atoms with Gasteiger partial charge in [0.1, 0.15) is 6.29 Å². The molecule has 1 saturated carbocycles. The van der Waals surface area contributed by atoms with E-state index in [2.05, 4.69) is 25.7 Å². The summed E-state index contributed by atoms with van der Waals surface area (Å²) < 4.78 is 0. The number of carbonyl (C=O) groups is 1. The Balaban J connectivity index is 2.76. The number of nitrogens with zero attached hydrogens (tertiary/aromatic N) is 1. The summed E-state index contributed by atoms with van der Waals surface area (Å²) in [6.07, 6.45) is 7.81. The zero-order chi connectivity index (χ0) is 14.3. The van der Waals surface area contributed by atoms with E-state index in [1.54, 1.807) is 0 Å². The van der Waals surface area contributed by atoms with Crippen molar-refractivity contribution in [1.29, 1.82) is 0 Å². The SMILES string of the molecule is CCC(CC)N(CCO)CC1(C=O)CCCC(C)C1. The van der Waals surface area contributed by atoms with Gasteiger partial charge in [-0.1, -0.05) is 33.6 Å². The average Bonchev–Trinajstić information content (AvgIpc) is 2.40. The molecule has 0 bridgehead atoms. The second-order valence-corrected chi connectivity index (χ2v) is 6.35. The summed E-state index contributed by atoms with van der Waals surface area (Å²) in [5.41, 5.74) is -0.171. The minimum absolute atomic E-state index is 0.171. The van der Waals surface area contributed by atoms with Gasteiger partial charge >= 0.3 is 0 Å². The van der Waals surface area contributed by atoms with Gasteiger partial charge in [-0.15, -0.1) is 0 Å². The summed E-state index contributed by atoms with van der Waals surface area (Å²) >= 11 is 0. The summed E-state index contributed by atoms with van der Waals surface area (Å²) in [7, 11) is 0. The summed E-state index contributed by atoms with van der Waals surface area (Å²) in [6.45, 7) is 8.33. The summed E-state index contributed by atoms with van der Waals surface area (Å²) in [5, 5.41) is 9.28. The fourth-order valence-corrected chi connectivity index (χ4v) is 3.72. The molecule has 3 nitrogen and oxygen atoms in total. The van der Waals surface area contributed by atoms with Gasteiger partial charge in [0.05, 0.1) is 6.61 Å². The van der Waals surface area contributed by atoms with Crippen LogP contribution in [-0.2, 0) is 4.79 Å². The second-order valence-electron chi connectivity index (χ2n) is 6.35. The molecule has 19 heavy (non-hydrogen) atoms. The topological polar surface area (TPSA) is 40.5 Å².